The Labute approximate surface area is 402 Å². The van der Waals surface area contributed by atoms with Gasteiger partial charge in [0, 0.05) is 19.3 Å². The molecule has 0 aromatic carbocycles. The molecule has 0 saturated carbocycles. The van der Waals surface area contributed by atoms with Gasteiger partial charge in [0.25, 0.3) is 0 Å². The van der Waals surface area contributed by atoms with Crippen molar-refractivity contribution < 1.29 is 28.6 Å². The molecule has 0 aliphatic carbocycles. The first-order valence-electron chi connectivity index (χ1n) is 27.4. The summed E-state index contributed by atoms with van der Waals surface area (Å²) in [5.41, 5.74) is 0. The maximum Gasteiger partial charge on any atom is 0.306 e. The Kier molecular flexibility index (Phi) is 50.9. The van der Waals surface area contributed by atoms with Crippen molar-refractivity contribution in [3.8, 4) is 0 Å². The van der Waals surface area contributed by atoms with E-state index in [2.05, 4.69) is 93.7 Å². The Bertz CT molecular complexity index is 1230. The number of esters is 3. The van der Waals surface area contributed by atoms with Gasteiger partial charge in [0.05, 0.1) is 0 Å². The molecule has 374 valence electrons. The van der Waals surface area contributed by atoms with E-state index >= 15 is 0 Å². The quantitative estimate of drug-likeness (QED) is 0.0262. The van der Waals surface area contributed by atoms with Gasteiger partial charge in [0.1, 0.15) is 13.2 Å². The van der Waals surface area contributed by atoms with E-state index < -0.39 is 6.10 Å². The molecule has 0 rings (SSSR count). The molecule has 0 N–H and O–H groups in total. The molecule has 0 amide bonds. The van der Waals surface area contributed by atoms with E-state index in [0.717, 1.165) is 122 Å². The normalized spacial score (nSPS) is 12.6. The smallest absolute Gasteiger partial charge is 0.306 e. The van der Waals surface area contributed by atoms with Gasteiger partial charge in [-0.2, -0.15) is 0 Å². The van der Waals surface area contributed by atoms with Crippen LogP contribution in [0.1, 0.15) is 265 Å². The molecule has 65 heavy (non-hydrogen) atoms. The first-order valence-corrected chi connectivity index (χ1v) is 27.4. The maximum atomic E-state index is 12.8. The van der Waals surface area contributed by atoms with E-state index in [0.29, 0.717) is 19.3 Å². The first kappa shape index (κ1) is 61.9. The van der Waals surface area contributed by atoms with Crippen LogP contribution in [0.25, 0.3) is 0 Å². The van der Waals surface area contributed by atoms with Crippen molar-refractivity contribution in [3.05, 3.63) is 72.9 Å². The average molecular weight is 907 g/mol. The molecule has 1 atom stereocenters. The van der Waals surface area contributed by atoms with Crippen LogP contribution in [0, 0.1) is 0 Å². The molecule has 0 aromatic heterocycles. The molecule has 0 heterocycles. The lowest BCUT2D eigenvalue weighted by Crippen LogP contribution is -2.30. The zero-order valence-electron chi connectivity index (χ0n) is 42.7. The van der Waals surface area contributed by atoms with Gasteiger partial charge in [0.2, 0.25) is 0 Å². The van der Waals surface area contributed by atoms with Crippen molar-refractivity contribution in [2.24, 2.45) is 0 Å². The van der Waals surface area contributed by atoms with Crippen LogP contribution in [0.15, 0.2) is 72.9 Å². The van der Waals surface area contributed by atoms with Gasteiger partial charge < -0.3 is 14.2 Å². The molecule has 0 fully saturated rings. The van der Waals surface area contributed by atoms with Crippen LogP contribution >= 0.6 is 0 Å². The Morgan fingerprint density at radius 3 is 0.908 bits per heavy atom. The third-order valence-electron chi connectivity index (χ3n) is 11.6. The molecule has 1 unspecified atom stereocenters. The van der Waals surface area contributed by atoms with Crippen molar-refractivity contribution in [2.75, 3.05) is 13.2 Å². The van der Waals surface area contributed by atoms with Gasteiger partial charge in [-0.05, 0) is 109 Å². The third kappa shape index (κ3) is 51.7. The molecule has 0 radical (unpaired) electrons. The predicted octanol–water partition coefficient (Wildman–Crippen LogP) is 18.2. The van der Waals surface area contributed by atoms with E-state index in [1.807, 2.05) is 0 Å². The van der Waals surface area contributed by atoms with Crippen LogP contribution in [0.5, 0.6) is 0 Å². The fraction of sp³-hybridized carbons (Fsp3) is 0.746. The second kappa shape index (κ2) is 53.5. The lowest BCUT2D eigenvalue weighted by atomic mass is 10.1. The topological polar surface area (TPSA) is 78.9 Å². The van der Waals surface area contributed by atoms with Crippen LogP contribution in [0.4, 0.5) is 0 Å². The number of carbonyl (C=O) groups is 3. The monoisotopic (exact) mass is 907 g/mol. The fourth-order valence-electron chi connectivity index (χ4n) is 7.48. The summed E-state index contributed by atoms with van der Waals surface area (Å²) in [5.74, 6) is -0.916. The van der Waals surface area contributed by atoms with Crippen molar-refractivity contribution in [2.45, 2.75) is 271 Å². The third-order valence-corrected chi connectivity index (χ3v) is 11.6. The number of allylic oxidation sites excluding steroid dienone is 12. The van der Waals surface area contributed by atoms with Crippen molar-refractivity contribution in [3.63, 3.8) is 0 Å². The van der Waals surface area contributed by atoms with E-state index in [1.54, 1.807) is 0 Å². The molecule has 0 aliphatic heterocycles. The minimum Gasteiger partial charge on any atom is -0.462 e. The molecule has 0 saturated heterocycles. The van der Waals surface area contributed by atoms with Gasteiger partial charge in [-0.3, -0.25) is 14.4 Å². The molecular weight excluding hydrogens is 805 g/mol. The van der Waals surface area contributed by atoms with Gasteiger partial charge in [-0.1, -0.05) is 209 Å². The van der Waals surface area contributed by atoms with Crippen LogP contribution in [-0.4, -0.2) is 37.2 Å². The number of carbonyl (C=O) groups excluding carboxylic acids is 3. The standard InChI is InChI=1S/C59H102O6/c1-4-7-10-13-16-19-22-25-27-28-29-30-32-34-37-40-43-46-49-52-58(61)64-55-56(54-63-57(60)51-48-45-42-39-36-33-24-21-18-15-12-9-6-3)65-59(62)53-50-47-44-41-38-35-31-26-23-20-17-14-11-8-5-2/h12,15-17,19-21,24-27,31,56H,4-11,13-14,18,22-23,28-30,32-55H2,1-3H3/b15-12-,19-16-,20-17-,24-21-,27-25-,31-26-. The molecule has 6 heteroatoms. The van der Waals surface area contributed by atoms with Crippen molar-refractivity contribution in [1.29, 1.82) is 0 Å². The highest BCUT2D eigenvalue weighted by Crippen LogP contribution is 2.14. The second-order valence-electron chi connectivity index (χ2n) is 18.1. The van der Waals surface area contributed by atoms with Gasteiger partial charge in [-0.15, -0.1) is 0 Å². The zero-order chi connectivity index (χ0) is 47.2. The number of unbranched alkanes of at least 4 members (excludes halogenated alkanes) is 26. The summed E-state index contributed by atoms with van der Waals surface area (Å²) in [6.45, 7) is 6.50. The molecule has 6 nitrogen and oxygen atoms in total. The molecule has 0 spiro atoms. The minimum absolute atomic E-state index is 0.0878. The van der Waals surface area contributed by atoms with Crippen molar-refractivity contribution >= 4 is 17.9 Å². The Morgan fingerprint density at radius 2 is 0.585 bits per heavy atom. The minimum atomic E-state index is -0.790. The second-order valence-corrected chi connectivity index (χ2v) is 18.1. The number of hydrogen-bond acceptors (Lipinski definition) is 6. The lowest BCUT2D eigenvalue weighted by molar-refractivity contribution is -0.167. The predicted molar refractivity (Wildman–Crippen MR) is 279 cm³/mol. The Hall–Kier alpha value is -3.15. The highest BCUT2D eigenvalue weighted by Gasteiger charge is 2.19. The van der Waals surface area contributed by atoms with E-state index in [4.69, 9.17) is 14.2 Å². The Morgan fingerprint density at radius 1 is 0.308 bits per heavy atom. The van der Waals surface area contributed by atoms with Gasteiger partial charge in [0.15, 0.2) is 6.10 Å². The molecular formula is C59H102O6. The average Bonchev–Trinajstić information content (AvgIpc) is 3.30. The molecule has 0 aromatic rings. The van der Waals surface area contributed by atoms with E-state index in [1.165, 1.54) is 103 Å². The number of ether oxygens (including phenoxy) is 3. The number of rotatable bonds is 49. The summed E-state index contributed by atoms with van der Waals surface area (Å²) >= 11 is 0. The van der Waals surface area contributed by atoms with Crippen molar-refractivity contribution in [1.82, 2.24) is 0 Å². The van der Waals surface area contributed by atoms with Gasteiger partial charge >= 0.3 is 17.9 Å². The summed E-state index contributed by atoms with van der Waals surface area (Å²) in [7, 11) is 0. The summed E-state index contributed by atoms with van der Waals surface area (Å²) < 4.78 is 16.8. The van der Waals surface area contributed by atoms with Crippen LogP contribution < -0.4 is 0 Å². The van der Waals surface area contributed by atoms with E-state index in [9.17, 15) is 14.4 Å². The summed E-state index contributed by atoms with van der Waals surface area (Å²) in [4.78, 5) is 38.1. The molecule has 0 bridgehead atoms. The first-order chi connectivity index (χ1) is 32.0. The zero-order valence-corrected chi connectivity index (χ0v) is 42.7. The fourth-order valence-corrected chi connectivity index (χ4v) is 7.48. The highest BCUT2D eigenvalue weighted by molar-refractivity contribution is 5.71. The molecule has 0 aliphatic rings. The van der Waals surface area contributed by atoms with Crippen LogP contribution in [0.3, 0.4) is 0 Å². The summed E-state index contributed by atoms with van der Waals surface area (Å²) in [6.07, 6.45) is 67.4. The number of hydrogen-bond donors (Lipinski definition) is 0. The largest absolute Gasteiger partial charge is 0.462 e. The van der Waals surface area contributed by atoms with Gasteiger partial charge in [-0.25, -0.2) is 0 Å². The summed E-state index contributed by atoms with van der Waals surface area (Å²) in [5, 5.41) is 0. The Balaban J connectivity index is 4.39. The highest BCUT2D eigenvalue weighted by atomic mass is 16.6. The lowest BCUT2D eigenvalue weighted by Gasteiger charge is -2.18. The van der Waals surface area contributed by atoms with Crippen LogP contribution in [0.2, 0.25) is 0 Å². The maximum absolute atomic E-state index is 12.8. The SMILES string of the molecule is CCC/C=C\C/C=C\CCCCCCCC(=O)OCC(COC(=O)CCCCCCCCCCC/C=C\C/C=C\CCCCC)OC(=O)CCCCCCC/C=C\C/C=C\CCCCC. The van der Waals surface area contributed by atoms with E-state index in [-0.39, 0.29) is 31.1 Å². The van der Waals surface area contributed by atoms with Crippen LogP contribution in [-0.2, 0) is 28.6 Å². The summed E-state index contributed by atoms with van der Waals surface area (Å²) in [6, 6.07) is 0.